The molecule has 0 amide bonds. The third-order valence-corrected chi connectivity index (χ3v) is 31.4. The lowest BCUT2D eigenvalue weighted by atomic mass is 9.86. The van der Waals surface area contributed by atoms with Crippen LogP contribution in [0.3, 0.4) is 0 Å². The molecule has 0 aliphatic carbocycles. The first kappa shape index (κ1) is 83.9. The Balaban J connectivity index is 0.000000105. The van der Waals surface area contributed by atoms with Gasteiger partial charge >= 0.3 is 0 Å². The van der Waals surface area contributed by atoms with E-state index in [1.54, 1.807) is 0 Å². The van der Waals surface area contributed by atoms with Gasteiger partial charge in [0.05, 0.1) is 0 Å². The van der Waals surface area contributed by atoms with Gasteiger partial charge in [0.15, 0.2) is 0 Å². The van der Waals surface area contributed by atoms with Gasteiger partial charge in [-0.2, -0.15) is 0 Å². The minimum absolute atomic E-state index is 1.22. The fourth-order valence-electron chi connectivity index (χ4n) is 24.6. The number of hydrogen-bond donors (Lipinski definition) is 0. The van der Waals surface area contributed by atoms with Crippen LogP contribution in [0, 0.1) is 0 Å². The summed E-state index contributed by atoms with van der Waals surface area (Å²) in [6.07, 6.45) is 0. The van der Waals surface area contributed by atoms with Gasteiger partial charge in [0.2, 0.25) is 0 Å². The van der Waals surface area contributed by atoms with E-state index < -0.39 is 0 Å². The Hall–Kier alpha value is -19.0. The largest absolute Gasteiger partial charge is 0.0622 e. The Morgan fingerprint density at radius 1 is 0.0616 bits per heavy atom. The Bertz CT molecular complexity index is 10200. The van der Waals surface area contributed by atoms with E-state index in [4.69, 9.17) is 0 Å². The van der Waals surface area contributed by atoms with Crippen molar-refractivity contribution in [1.29, 1.82) is 0 Å². The number of benzene rings is 31. The molecule has 0 radical (unpaired) electrons. The molecule has 0 aliphatic rings. The highest BCUT2D eigenvalue weighted by Gasteiger charge is 2.24. The summed E-state index contributed by atoms with van der Waals surface area (Å²) in [4.78, 5) is 0. The van der Waals surface area contributed by atoms with Crippen LogP contribution in [0.2, 0.25) is 0 Å². The fraction of sp³-hybridized carbons (Fsp3) is 0. The van der Waals surface area contributed by atoms with Gasteiger partial charge in [0, 0.05) is 0 Å². The quantitative estimate of drug-likeness (QED) is 0.133. The van der Waals surface area contributed by atoms with Gasteiger partial charge in [0.25, 0.3) is 0 Å². The molecule has 0 spiro atoms. The third kappa shape index (κ3) is 13.8. The van der Waals surface area contributed by atoms with Crippen LogP contribution in [0.1, 0.15) is 0 Å². The molecule has 146 heavy (non-hydrogen) atoms. The van der Waals surface area contributed by atoms with E-state index in [-0.39, 0.29) is 0 Å². The standard InChI is InChI=1S/C54H32.C54H34.C38H24/c1-3-17-39-35(13-1)37-15-5-9-21-43(37)51-29-33(25-27-47(39)51)49-31-53-46-24-12-8-20-42(46)50(32-54(53)45-23-11-7-19-41(45)49)34-26-28-48-40-18-4-2-14-36(40)38-16-6-10-22-44(38)52(48)30-34;1-3-15-35(16-4-1)47-31-51-45-25-13-9-21-41(45)49(33-53(51)43-23-11-7-19-39(43)47)37-27-29-38(30-28-37)50-34-54-44-24-12-8-20-40(44)48(36-17-5-2-6-18-36)32-52(54)46-26-14-10-22-42(46)50;1-3-11-27-21-29(19-17-25(27)9-1)35-23-37-34-16-8-6-14-32(34)36(24-38(37)33-15-7-5-13-31(33)35)30-20-18-26-10-2-4-12-28(26)22-30/h1-32H;1-34H;1-24H. The minimum atomic E-state index is 1.22. The second-order valence-corrected chi connectivity index (χ2v) is 39.3. The molecule has 0 N–H and O–H groups in total. The normalized spacial score (nSPS) is 11.8. The molecule has 0 heteroatoms. The lowest BCUT2D eigenvalue weighted by Crippen LogP contribution is -1.90. The van der Waals surface area contributed by atoms with Crippen molar-refractivity contribution in [3.8, 4) is 89.0 Å². The second-order valence-electron chi connectivity index (χ2n) is 39.3. The zero-order valence-corrected chi connectivity index (χ0v) is 80.0. The SMILES string of the molecule is c1ccc(-c2cc3c4ccccc4c(-c4ccc(-c5cc6c7ccccc7c(-c7ccccc7)cc6c6ccccc56)cc4)cc3c3ccccc23)cc1.c1ccc2c(c1)c(-c1ccc3c4ccccc4c4ccccc4c3c1)cc1c3ccccc3c(-c3ccc4c5ccccc5c5ccccc5c4c3)cc21.c1ccc2cc(-c3cc4c5ccccc5c(-c5ccc6ccccc6c5)cc4c4ccccc34)ccc2c1. The Morgan fingerprint density at radius 2 is 0.192 bits per heavy atom. The van der Waals surface area contributed by atoms with E-state index in [1.807, 2.05) is 0 Å². The Kier molecular flexibility index (Phi) is 19.8. The molecule has 0 aliphatic heterocycles. The number of hydrogen-bond acceptors (Lipinski definition) is 0. The molecule has 0 heterocycles. The lowest BCUT2D eigenvalue weighted by Gasteiger charge is -2.17. The van der Waals surface area contributed by atoms with Gasteiger partial charge in [-0.15, -0.1) is 0 Å². The molecule has 0 fully saturated rings. The fourth-order valence-corrected chi connectivity index (χ4v) is 24.6. The summed E-state index contributed by atoms with van der Waals surface area (Å²) in [5.74, 6) is 0. The van der Waals surface area contributed by atoms with Crippen LogP contribution in [0.4, 0.5) is 0 Å². The molecule has 0 atom stereocenters. The van der Waals surface area contributed by atoms with E-state index in [2.05, 4.69) is 546 Å². The van der Waals surface area contributed by atoms with Crippen LogP contribution in [0.25, 0.3) is 304 Å². The Morgan fingerprint density at radius 3 is 0.411 bits per heavy atom. The van der Waals surface area contributed by atoms with Crippen LogP contribution >= 0.6 is 0 Å². The highest BCUT2D eigenvalue weighted by Crippen LogP contribution is 2.51. The molecular weight excluding hydrogens is 1750 g/mol. The van der Waals surface area contributed by atoms with Crippen molar-refractivity contribution in [1.82, 2.24) is 0 Å². The molecule has 0 saturated carbocycles. The molecule has 0 bridgehead atoms. The second kappa shape index (κ2) is 34.5. The van der Waals surface area contributed by atoms with Crippen molar-refractivity contribution in [2.75, 3.05) is 0 Å². The molecular formula is C146H90. The van der Waals surface area contributed by atoms with Gasteiger partial charge < -0.3 is 0 Å². The van der Waals surface area contributed by atoms with Crippen molar-refractivity contribution in [3.63, 3.8) is 0 Å². The molecule has 0 saturated heterocycles. The van der Waals surface area contributed by atoms with Crippen molar-refractivity contribution in [3.05, 3.63) is 546 Å². The van der Waals surface area contributed by atoms with Crippen LogP contribution in [-0.4, -0.2) is 0 Å². The van der Waals surface area contributed by atoms with E-state index in [9.17, 15) is 0 Å². The van der Waals surface area contributed by atoms with E-state index in [1.165, 1.54) is 304 Å². The lowest BCUT2D eigenvalue weighted by molar-refractivity contribution is 1.64. The zero-order valence-electron chi connectivity index (χ0n) is 80.0. The van der Waals surface area contributed by atoms with Gasteiger partial charge in [-0.25, -0.2) is 0 Å². The summed E-state index contributed by atoms with van der Waals surface area (Å²) in [5.41, 5.74) is 20.0. The smallest absolute Gasteiger partial charge is 0.00923 e. The van der Waals surface area contributed by atoms with Gasteiger partial charge in [-0.3, -0.25) is 0 Å². The summed E-state index contributed by atoms with van der Waals surface area (Å²) < 4.78 is 0. The van der Waals surface area contributed by atoms with Crippen molar-refractivity contribution in [2.24, 2.45) is 0 Å². The summed E-state index contributed by atoms with van der Waals surface area (Å²) in [7, 11) is 0. The maximum Gasteiger partial charge on any atom is -0.00923 e. The third-order valence-electron chi connectivity index (χ3n) is 31.4. The molecule has 0 nitrogen and oxygen atoms in total. The average molecular weight is 1840 g/mol. The van der Waals surface area contributed by atoms with Gasteiger partial charge in [0.1, 0.15) is 0 Å². The molecule has 674 valence electrons. The first-order valence-corrected chi connectivity index (χ1v) is 50.8. The zero-order chi connectivity index (χ0) is 96.0. The van der Waals surface area contributed by atoms with E-state index in [0.717, 1.165) is 0 Å². The van der Waals surface area contributed by atoms with Gasteiger partial charge in [-0.1, -0.05) is 473 Å². The molecule has 31 aromatic carbocycles. The topological polar surface area (TPSA) is 0 Å². The molecule has 31 rings (SSSR count). The van der Waals surface area contributed by atoms with Crippen molar-refractivity contribution >= 4 is 215 Å². The predicted octanol–water partition coefficient (Wildman–Crippen LogP) is 41.5. The maximum absolute atomic E-state index is 2.45. The monoisotopic (exact) mass is 1840 g/mol. The molecule has 0 unspecified atom stereocenters. The summed E-state index contributed by atoms with van der Waals surface area (Å²) in [6, 6.07) is 202. The van der Waals surface area contributed by atoms with Crippen LogP contribution < -0.4 is 0 Å². The predicted molar refractivity (Wildman–Crippen MR) is 633 cm³/mol. The van der Waals surface area contributed by atoms with Crippen molar-refractivity contribution < 1.29 is 0 Å². The van der Waals surface area contributed by atoms with E-state index in [0.29, 0.717) is 0 Å². The van der Waals surface area contributed by atoms with E-state index >= 15 is 0 Å². The van der Waals surface area contributed by atoms with Crippen LogP contribution in [0.15, 0.2) is 546 Å². The summed E-state index contributed by atoms with van der Waals surface area (Å²) >= 11 is 0. The average Bonchev–Trinajstić information content (AvgIpc) is 0.732. The minimum Gasteiger partial charge on any atom is -0.0622 e. The van der Waals surface area contributed by atoms with Gasteiger partial charge in [-0.05, 0) is 377 Å². The summed E-state index contributed by atoms with van der Waals surface area (Å²) in [5, 5.41) is 51.4. The molecule has 0 aromatic heterocycles. The highest BCUT2D eigenvalue weighted by molar-refractivity contribution is 6.33. The first-order valence-electron chi connectivity index (χ1n) is 50.8. The van der Waals surface area contributed by atoms with Crippen molar-refractivity contribution in [2.45, 2.75) is 0 Å². The van der Waals surface area contributed by atoms with Crippen LogP contribution in [-0.2, 0) is 0 Å². The number of fused-ring (bicyclic) bond motifs is 34. The first-order chi connectivity index (χ1) is 72.4. The van der Waals surface area contributed by atoms with Crippen LogP contribution in [0.5, 0.6) is 0 Å². The highest BCUT2D eigenvalue weighted by atomic mass is 14.3. The number of rotatable bonds is 8. The Labute approximate surface area is 844 Å². The summed E-state index contributed by atoms with van der Waals surface area (Å²) in [6.45, 7) is 0. The maximum atomic E-state index is 2.45. The molecule has 31 aromatic rings.